The minimum absolute atomic E-state index is 0.131. The Labute approximate surface area is 94.4 Å². The van der Waals surface area contributed by atoms with Gasteiger partial charge in [0.25, 0.3) is 0 Å². The van der Waals surface area contributed by atoms with Crippen LogP contribution in [0.5, 0.6) is 0 Å². The molecule has 80 valence electrons. The van der Waals surface area contributed by atoms with Crippen LogP contribution in [-0.4, -0.2) is 11.2 Å². The second kappa shape index (κ2) is 4.27. The summed E-state index contributed by atoms with van der Waals surface area (Å²) >= 11 is 1.81. The number of nitrogens with one attached hydrogen (secondary N) is 1. The Balaban J connectivity index is 2.31. The Bertz CT molecular complexity index is 376. The number of anilines is 1. The van der Waals surface area contributed by atoms with Gasteiger partial charge in [-0.2, -0.15) is 0 Å². The molecule has 1 aromatic carbocycles. The molecule has 1 N–H and O–H groups in total. The highest BCUT2D eigenvalue weighted by atomic mass is 32.2. The van der Waals surface area contributed by atoms with Crippen molar-refractivity contribution in [2.24, 2.45) is 5.92 Å². The van der Waals surface area contributed by atoms with E-state index in [4.69, 9.17) is 0 Å². The van der Waals surface area contributed by atoms with E-state index in [0.717, 1.165) is 5.69 Å². The molecule has 1 unspecified atom stereocenters. The molecule has 0 bridgehead atoms. The van der Waals surface area contributed by atoms with Gasteiger partial charge in [0.15, 0.2) is 0 Å². The van der Waals surface area contributed by atoms with Crippen LogP contribution in [0.1, 0.15) is 20.3 Å². The Kier molecular flexibility index (Phi) is 3.00. The molecule has 3 heteroatoms. The fourth-order valence-corrected chi connectivity index (χ4v) is 2.87. The van der Waals surface area contributed by atoms with Crippen LogP contribution in [0, 0.1) is 5.92 Å². The SMILES string of the molecule is CC(C)C1CC(=O)Nc2ccccc2S1. The van der Waals surface area contributed by atoms with Gasteiger partial charge in [0.05, 0.1) is 5.69 Å². The first-order valence-electron chi connectivity index (χ1n) is 5.22. The third kappa shape index (κ3) is 2.34. The minimum atomic E-state index is 0.131. The standard InChI is InChI=1S/C12H15NOS/c1-8(2)11-7-12(14)13-9-5-3-4-6-10(9)15-11/h3-6,8,11H,7H2,1-2H3,(H,13,14). The molecule has 0 saturated heterocycles. The van der Waals surface area contributed by atoms with Gasteiger partial charge in [-0.1, -0.05) is 26.0 Å². The van der Waals surface area contributed by atoms with Gasteiger partial charge < -0.3 is 5.32 Å². The van der Waals surface area contributed by atoms with E-state index in [1.165, 1.54) is 4.90 Å². The number of hydrogen-bond acceptors (Lipinski definition) is 2. The minimum Gasteiger partial charge on any atom is -0.325 e. The van der Waals surface area contributed by atoms with Crippen molar-refractivity contribution in [3.05, 3.63) is 24.3 Å². The average Bonchev–Trinajstić information content (AvgIpc) is 2.35. The van der Waals surface area contributed by atoms with Crippen molar-refractivity contribution < 1.29 is 4.79 Å². The molecule has 1 aliphatic rings. The van der Waals surface area contributed by atoms with E-state index in [1.807, 2.05) is 18.2 Å². The smallest absolute Gasteiger partial charge is 0.225 e. The molecule has 1 heterocycles. The van der Waals surface area contributed by atoms with Crippen molar-refractivity contribution in [3.8, 4) is 0 Å². The zero-order valence-corrected chi connectivity index (χ0v) is 9.80. The lowest BCUT2D eigenvalue weighted by Gasteiger charge is -2.16. The first kappa shape index (κ1) is 10.6. The second-order valence-corrected chi connectivity index (χ2v) is 5.43. The predicted molar refractivity (Wildman–Crippen MR) is 64.2 cm³/mol. The van der Waals surface area contributed by atoms with Crippen molar-refractivity contribution in [1.82, 2.24) is 0 Å². The molecule has 0 saturated carbocycles. The molecule has 0 aliphatic carbocycles. The van der Waals surface area contributed by atoms with Gasteiger partial charge in [-0.3, -0.25) is 4.79 Å². The predicted octanol–water partition coefficient (Wildman–Crippen LogP) is 3.15. The van der Waals surface area contributed by atoms with Crippen LogP contribution >= 0.6 is 11.8 Å². The molecule has 0 radical (unpaired) electrons. The summed E-state index contributed by atoms with van der Waals surface area (Å²) in [6, 6.07) is 8.00. The monoisotopic (exact) mass is 221 g/mol. The Hall–Kier alpha value is -0.960. The highest BCUT2D eigenvalue weighted by molar-refractivity contribution is 8.00. The summed E-state index contributed by atoms with van der Waals surface area (Å²) in [5.41, 5.74) is 0.954. The maximum atomic E-state index is 11.6. The summed E-state index contributed by atoms with van der Waals surface area (Å²) in [6.45, 7) is 4.33. The second-order valence-electron chi connectivity index (χ2n) is 4.15. The number of carbonyl (C=O) groups is 1. The summed E-state index contributed by atoms with van der Waals surface area (Å²) in [6.07, 6.45) is 0.608. The molecule has 2 nitrogen and oxygen atoms in total. The summed E-state index contributed by atoms with van der Waals surface area (Å²) in [5, 5.41) is 3.33. The van der Waals surface area contributed by atoms with E-state index in [9.17, 15) is 4.79 Å². The van der Waals surface area contributed by atoms with E-state index >= 15 is 0 Å². The van der Waals surface area contributed by atoms with E-state index in [2.05, 4.69) is 25.2 Å². The summed E-state index contributed by atoms with van der Waals surface area (Å²) < 4.78 is 0. The van der Waals surface area contributed by atoms with Crippen LogP contribution < -0.4 is 5.32 Å². The molecular weight excluding hydrogens is 206 g/mol. The quantitative estimate of drug-likeness (QED) is 0.789. The molecule has 2 rings (SSSR count). The van der Waals surface area contributed by atoms with Gasteiger partial charge in [0.2, 0.25) is 5.91 Å². The Morgan fingerprint density at radius 2 is 2.13 bits per heavy atom. The van der Waals surface area contributed by atoms with Crippen LogP contribution in [0.2, 0.25) is 0 Å². The molecular formula is C12H15NOS. The van der Waals surface area contributed by atoms with E-state index < -0.39 is 0 Å². The van der Waals surface area contributed by atoms with Crippen molar-refractivity contribution in [3.63, 3.8) is 0 Å². The number of rotatable bonds is 1. The molecule has 1 aromatic rings. The first-order valence-corrected chi connectivity index (χ1v) is 6.10. The third-order valence-corrected chi connectivity index (χ3v) is 4.19. The van der Waals surface area contributed by atoms with Gasteiger partial charge in [-0.15, -0.1) is 11.8 Å². The first-order chi connectivity index (χ1) is 7.16. The zero-order valence-electron chi connectivity index (χ0n) is 8.99. The van der Waals surface area contributed by atoms with Gasteiger partial charge >= 0.3 is 0 Å². The number of para-hydroxylation sites is 1. The van der Waals surface area contributed by atoms with Crippen LogP contribution in [-0.2, 0) is 4.79 Å². The zero-order chi connectivity index (χ0) is 10.8. The van der Waals surface area contributed by atoms with Gasteiger partial charge in [0.1, 0.15) is 0 Å². The summed E-state index contributed by atoms with van der Waals surface area (Å²) in [4.78, 5) is 12.8. The largest absolute Gasteiger partial charge is 0.325 e. The fourth-order valence-electron chi connectivity index (χ4n) is 1.63. The Morgan fingerprint density at radius 1 is 1.40 bits per heavy atom. The lowest BCUT2D eigenvalue weighted by molar-refractivity contribution is -0.116. The summed E-state index contributed by atoms with van der Waals surface area (Å²) in [7, 11) is 0. The van der Waals surface area contributed by atoms with Crippen LogP contribution in [0.15, 0.2) is 29.2 Å². The highest BCUT2D eigenvalue weighted by Crippen LogP contribution is 2.37. The van der Waals surface area contributed by atoms with Crippen molar-refractivity contribution in [2.75, 3.05) is 5.32 Å². The van der Waals surface area contributed by atoms with Crippen LogP contribution in [0.25, 0.3) is 0 Å². The number of carbonyl (C=O) groups excluding carboxylic acids is 1. The van der Waals surface area contributed by atoms with Crippen LogP contribution in [0.4, 0.5) is 5.69 Å². The van der Waals surface area contributed by atoms with Gasteiger partial charge in [0, 0.05) is 16.6 Å². The topological polar surface area (TPSA) is 29.1 Å². The van der Waals surface area contributed by atoms with Crippen molar-refractivity contribution in [1.29, 1.82) is 0 Å². The molecule has 0 fully saturated rings. The number of thioether (sulfide) groups is 1. The number of fused-ring (bicyclic) bond motifs is 1. The third-order valence-electron chi connectivity index (χ3n) is 2.57. The fraction of sp³-hybridized carbons (Fsp3) is 0.417. The number of benzene rings is 1. The lowest BCUT2D eigenvalue weighted by Crippen LogP contribution is -2.18. The molecule has 0 aromatic heterocycles. The average molecular weight is 221 g/mol. The maximum absolute atomic E-state index is 11.6. The van der Waals surface area contributed by atoms with E-state index in [1.54, 1.807) is 11.8 Å². The maximum Gasteiger partial charge on any atom is 0.225 e. The normalized spacial score (nSPS) is 20.7. The van der Waals surface area contributed by atoms with E-state index in [-0.39, 0.29) is 5.91 Å². The molecule has 1 atom stereocenters. The number of amides is 1. The molecule has 1 amide bonds. The highest BCUT2D eigenvalue weighted by Gasteiger charge is 2.23. The van der Waals surface area contributed by atoms with Crippen molar-refractivity contribution in [2.45, 2.75) is 30.4 Å². The lowest BCUT2D eigenvalue weighted by atomic mass is 10.1. The number of hydrogen-bond donors (Lipinski definition) is 1. The van der Waals surface area contributed by atoms with Crippen LogP contribution in [0.3, 0.4) is 0 Å². The Morgan fingerprint density at radius 3 is 2.87 bits per heavy atom. The van der Waals surface area contributed by atoms with Gasteiger partial charge in [-0.25, -0.2) is 0 Å². The molecule has 0 spiro atoms. The molecule has 1 aliphatic heterocycles. The van der Waals surface area contributed by atoms with Crippen molar-refractivity contribution >= 4 is 23.4 Å². The van der Waals surface area contributed by atoms with E-state index in [0.29, 0.717) is 17.6 Å². The molecule has 15 heavy (non-hydrogen) atoms. The summed E-state index contributed by atoms with van der Waals surface area (Å²) in [5.74, 6) is 0.651. The van der Waals surface area contributed by atoms with Gasteiger partial charge in [-0.05, 0) is 18.1 Å².